The second-order valence-electron chi connectivity index (χ2n) is 2.28. The molecule has 12 heavy (non-hydrogen) atoms. The third kappa shape index (κ3) is 1.55. The van der Waals surface area contributed by atoms with Crippen LogP contribution < -0.4 is 4.73 Å². The van der Waals surface area contributed by atoms with E-state index in [-0.39, 0.29) is 27.3 Å². The van der Waals surface area contributed by atoms with Gasteiger partial charge < -0.3 is 5.21 Å². The predicted octanol–water partition coefficient (Wildman–Crippen LogP) is -0.0480. The van der Waals surface area contributed by atoms with Crippen molar-refractivity contribution in [2.45, 2.75) is 0 Å². The summed E-state index contributed by atoms with van der Waals surface area (Å²) < 4.78 is 0.759. The zero-order valence-electron chi connectivity index (χ0n) is 6.47. The number of aromatic nitrogens is 2. The number of benzene rings is 1. The molecule has 0 fully saturated rings. The molecule has 60 valence electrons. The molecule has 0 bridgehead atoms. The molecule has 0 spiro atoms. The Morgan fingerprint density at radius 3 is 2.75 bits per heavy atom. The maximum atomic E-state index is 11.0. The minimum atomic E-state index is 0. The summed E-state index contributed by atoms with van der Waals surface area (Å²) in [5, 5.41) is 11.9. The first kappa shape index (κ1) is 9.37. The first-order chi connectivity index (χ1) is 5.38. The van der Waals surface area contributed by atoms with E-state index in [2.05, 4.69) is 4.98 Å². The number of rotatable bonds is 0. The molecule has 4 heteroatoms. The first-order valence-corrected chi connectivity index (χ1v) is 3.30. The second-order valence-corrected chi connectivity index (χ2v) is 2.28. The van der Waals surface area contributed by atoms with Crippen LogP contribution in [0.15, 0.2) is 36.8 Å². The molecule has 0 unspecified atom stereocenters. The molecule has 0 N–H and O–H groups in total. The van der Waals surface area contributed by atoms with Crippen LogP contribution in [0.4, 0.5) is 0 Å². The van der Waals surface area contributed by atoms with Gasteiger partial charge in [-0.25, -0.2) is 4.73 Å². The van der Waals surface area contributed by atoms with Crippen LogP contribution in [0, 0.1) is 5.21 Å². The van der Waals surface area contributed by atoms with Gasteiger partial charge in [-0.2, -0.15) is 0 Å². The number of para-hydroxylation sites is 1. The van der Waals surface area contributed by atoms with Crippen LogP contribution in [-0.2, 0) is 0 Å². The molecular weight excluding hydrogens is 347 g/mol. The fourth-order valence-corrected chi connectivity index (χ4v) is 1.03. The van der Waals surface area contributed by atoms with E-state index in [9.17, 15) is 5.21 Å². The fraction of sp³-hybridized carbons (Fsp3) is 0. The average molecular weight is 355 g/mol. The van der Waals surface area contributed by atoms with Crippen LogP contribution >= 0.6 is 0 Å². The molecule has 0 atom stereocenters. The number of hydrogen-bond acceptors (Lipinski definition) is 2. The van der Waals surface area contributed by atoms with E-state index in [4.69, 9.17) is 0 Å². The zero-order chi connectivity index (χ0) is 7.68. The minimum absolute atomic E-state index is 0. The number of fused-ring (bicyclic) bond motifs is 1. The summed E-state index contributed by atoms with van der Waals surface area (Å²) >= 11 is 0. The Morgan fingerprint density at radius 2 is 2.00 bits per heavy atom. The molecule has 0 amide bonds. The Hall–Kier alpha value is -0.718. The molecule has 0 saturated heterocycles. The van der Waals surface area contributed by atoms with E-state index in [0.717, 1.165) is 10.1 Å². The van der Waals surface area contributed by atoms with Gasteiger partial charge in [0.25, 0.3) is 6.33 Å². The van der Waals surface area contributed by atoms with Crippen LogP contribution in [-0.4, -0.2) is 32.3 Å². The summed E-state index contributed by atoms with van der Waals surface area (Å²) in [5.41, 5.74) is 0.655. The van der Waals surface area contributed by atoms with Gasteiger partial charge in [-0.3, -0.25) is 0 Å². The summed E-state index contributed by atoms with van der Waals surface area (Å²) in [6.07, 6.45) is 2.92. The molecule has 0 aliphatic carbocycles. The van der Waals surface area contributed by atoms with Crippen molar-refractivity contribution in [2.75, 3.05) is 0 Å². The van der Waals surface area contributed by atoms with Gasteiger partial charge in [0.15, 0.2) is 6.20 Å². The van der Waals surface area contributed by atoms with Gasteiger partial charge in [-0.05, 0) is 12.1 Å². The van der Waals surface area contributed by atoms with Crippen molar-refractivity contribution in [2.24, 2.45) is 0 Å². The van der Waals surface area contributed by atoms with Gasteiger partial charge in [0.2, 0.25) is 0 Å². The molecular formula is C8H8N2OPb. The molecule has 2 rings (SSSR count). The fourth-order valence-electron chi connectivity index (χ4n) is 1.03. The van der Waals surface area contributed by atoms with Gasteiger partial charge in [0, 0.05) is 0 Å². The quantitative estimate of drug-likeness (QED) is 0.378. The molecule has 0 saturated carbocycles. The molecule has 1 aromatic heterocycles. The van der Waals surface area contributed by atoms with Crippen LogP contribution in [0.25, 0.3) is 10.9 Å². The number of nitrogens with zero attached hydrogens (tertiary/aromatic N) is 2. The summed E-state index contributed by atoms with van der Waals surface area (Å²) in [5.74, 6) is 0. The Bertz CT molecular complexity index is 386. The van der Waals surface area contributed by atoms with Crippen molar-refractivity contribution in [3.63, 3.8) is 0 Å². The van der Waals surface area contributed by atoms with Crippen LogP contribution in [0.1, 0.15) is 0 Å². The third-order valence-corrected chi connectivity index (χ3v) is 1.56. The number of hydrogen-bond donors (Lipinski definition) is 0. The monoisotopic (exact) mass is 356 g/mol. The van der Waals surface area contributed by atoms with E-state index in [1.807, 2.05) is 18.2 Å². The van der Waals surface area contributed by atoms with Gasteiger partial charge in [-0.1, -0.05) is 17.1 Å². The van der Waals surface area contributed by atoms with Crippen molar-refractivity contribution < 1.29 is 4.73 Å². The van der Waals surface area contributed by atoms with Crippen LogP contribution in [0.5, 0.6) is 0 Å². The SMILES string of the molecule is [O-][n+]1cncc2ccccc21.[PbH2]. The van der Waals surface area contributed by atoms with Crippen LogP contribution in [0.2, 0.25) is 0 Å². The van der Waals surface area contributed by atoms with Crippen LogP contribution in [0.3, 0.4) is 0 Å². The summed E-state index contributed by atoms with van der Waals surface area (Å²) in [7, 11) is 0. The topological polar surface area (TPSA) is 39.8 Å². The Kier molecular flexibility index (Phi) is 2.96. The zero-order valence-corrected chi connectivity index (χ0v) is 12.0. The molecule has 2 radical (unpaired) electrons. The first-order valence-electron chi connectivity index (χ1n) is 3.30. The van der Waals surface area contributed by atoms with Gasteiger partial charge >= 0.3 is 27.3 Å². The summed E-state index contributed by atoms with van der Waals surface area (Å²) in [4.78, 5) is 3.76. The van der Waals surface area contributed by atoms with Gasteiger partial charge in [0.05, 0.1) is 5.39 Å². The van der Waals surface area contributed by atoms with Crippen molar-refractivity contribution in [1.82, 2.24) is 4.98 Å². The van der Waals surface area contributed by atoms with Crippen molar-refractivity contribution in [3.8, 4) is 0 Å². The molecule has 2 aromatic rings. The molecule has 0 aliphatic rings. The van der Waals surface area contributed by atoms with E-state index >= 15 is 0 Å². The summed E-state index contributed by atoms with van der Waals surface area (Å²) in [6, 6.07) is 7.33. The van der Waals surface area contributed by atoms with Gasteiger partial charge in [-0.15, -0.1) is 0 Å². The maximum absolute atomic E-state index is 11.0. The Balaban J connectivity index is 0.000000720. The Labute approximate surface area is 89.8 Å². The van der Waals surface area contributed by atoms with Crippen molar-refractivity contribution >= 4 is 38.2 Å². The molecule has 3 nitrogen and oxygen atoms in total. The summed E-state index contributed by atoms with van der Waals surface area (Å²) in [6.45, 7) is 0. The van der Waals surface area contributed by atoms with E-state index in [1.165, 1.54) is 6.33 Å². The molecule has 1 aromatic carbocycles. The van der Waals surface area contributed by atoms with E-state index in [0.29, 0.717) is 5.52 Å². The second kappa shape index (κ2) is 3.79. The predicted molar refractivity (Wildman–Crippen MR) is 49.2 cm³/mol. The molecule has 1 heterocycles. The van der Waals surface area contributed by atoms with Gasteiger partial charge in [0.1, 0.15) is 5.52 Å². The van der Waals surface area contributed by atoms with E-state index in [1.54, 1.807) is 12.3 Å². The average Bonchev–Trinajstić information content (AvgIpc) is 2.06. The normalized spacial score (nSPS) is 9.33. The third-order valence-electron chi connectivity index (χ3n) is 1.56. The van der Waals surface area contributed by atoms with Crippen molar-refractivity contribution in [1.29, 1.82) is 0 Å². The van der Waals surface area contributed by atoms with E-state index < -0.39 is 0 Å². The standard InChI is InChI=1S/C8H6N2O.Pb.2H/c11-10-6-9-5-7-3-1-2-4-8(7)10;;;/h1-6H;;;. The van der Waals surface area contributed by atoms with Crippen molar-refractivity contribution in [3.05, 3.63) is 42.0 Å². The molecule has 0 aliphatic heterocycles. The Morgan fingerprint density at radius 1 is 1.25 bits per heavy atom.